The van der Waals surface area contributed by atoms with Crippen LogP contribution < -0.4 is 15.0 Å². The Kier molecular flexibility index (Phi) is 6.90. The molecule has 1 N–H and O–H groups in total. The van der Waals surface area contributed by atoms with Gasteiger partial charge < -0.3 is 15.0 Å². The number of methoxy groups -OCH3 is 1. The molecule has 2 aliphatic heterocycles. The number of hydrogen-bond donors (Lipinski definition) is 1. The smallest absolute Gasteiger partial charge is 0.251 e. The summed E-state index contributed by atoms with van der Waals surface area (Å²) in [5.74, 6) is 0.856. The maximum absolute atomic E-state index is 12.8. The minimum atomic E-state index is -0.00194. The van der Waals surface area contributed by atoms with Gasteiger partial charge in [0.2, 0.25) is 0 Å². The highest BCUT2D eigenvalue weighted by Crippen LogP contribution is 2.26. The van der Waals surface area contributed by atoms with Crippen LogP contribution in [0.5, 0.6) is 5.75 Å². The van der Waals surface area contributed by atoms with E-state index >= 15 is 0 Å². The van der Waals surface area contributed by atoms with Crippen molar-refractivity contribution >= 4 is 11.6 Å². The molecule has 0 aromatic heterocycles. The van der Waals surface area contributed by atoms with Gasteiger partial charge in [0.1, 0.15) is 5.75 Å². The van der Waals surface area contributed by atoms with Crippen LogP contribution in [0, 0.1) is 0 Å². The predicted octanol–water partition coefficient (Wildman–Crippen LogP) is 4.25. The van der Waals surface area contributed by atoms with E-state index in [-0.39, 0.29) is 11.9 Å². The molecule has 1 atom stereocenters. The van der Waals surface area contributed by atoms with Gasteiger partial charge in [0.15, 0.2) is 0 Å². The molecule has 5 nitrogen and oxygen atoms in total. The third kappa shape index (κ3) is 4.96. The number of nitrogens with one attached hydrogen (secondary N) is 1. The van der Waals surface area contributed by atoms with Crippen molar-refractivity contribution in [2.45, 2.75) is 38.1 Å². The van der Waals surface area contributed by atoms with Gasteiger partial charge in [0, 0.05) is 30.9 Å². The normalized spacial score (nSPS) is 18.2. The molecule has 0 bridgehead atoms. The zero-order valence-electron chi connectivity index (χ0n) is 18.0. The Morgan fingerprint density at radius 1 is 0.900 bits per heavy atom. The highest BCUT2D eigenvalue weighted by Gasteiger charge is 2.24. The van der Waals surface area contributed by atoms with E-state index in [1.165, 1.54) is 43.4 Å². The van der Waals surface area contributed by atoms with Crippen LogP contribution in [-0.4, -0.2) is 50.6 Å². The zero-order valence-corrected chi connectivity index (χ0v) is 18.0. The molecule has 2 aliphatic rings. The van der Waals surface area contributed by atoms with E-state index in [0.29, 0.717) is 6.54 Å². The van der Waals surface area contributed by atoms with Gasteiger partial charge in [0.05, 0.1) is 13.2 Å². The Hall–Kier alpha value is -2.53. The maximum Gasteiger partial charge on any atom is 0.251 e. The number of anilines is 1. The fraction of sp³-hybridized carbons (Fsp3) is 0.480. The highest BCUT2D eigenvalue weighted by atomic mass is 16.5. The first-order chi connectivity index (χ1) is 14.7. The molecule has 5 heteroatoms. The zero-order chi connectivity index (χ0) is 20.8. The van der Waals surface area contributed by atoms with Crippen LogP contribution in [0.15, 0.2) is 48.5 Å². The first-order valence-corrected chi connectivity index (χ1v) is 11.3. The summed E-state index contributed by atoms with van der Waals surface area (Å²) in [5, 5.41) is 3.18. The summed E-state index contributed by atoms with van der Waals surface area (Å²) < 4.78 is 5.30. The van der Waals surface area contributed by atoms with Crippen molar-refractivity contribution in [1.29, 1.82) is 0 Å². The molecular formula is C25H33N3O2. The lowest BCUT2D eigenvalue weighted by Gasteiger charge is -2.29. The first kappa shape index (κ1) is 20.7. The molecule has 30 heavy (non-hydrogen) atoms. The third-order valence-corrected chi connectivity index (χ3v) is 6.39. The van der Waals surface area contributed by atoms with Crippen LogP contribution >= 0.6 is 0 Å². The molecule has 0 radical (unpaired) electrons. The number of benzene rings is 2. The molecule has 1 unspecified atom stereocenters. The van der Waals surface area contributed by atoms with Gasteiger partial charge in [-0.25, -0.2) is 0 Å². The highest BCUT2D eigenvalue weighted by molar-refractivity contribution is 5.94. The van der Waals surface area contributed by atoms with Gasteiger partial charge in [0.25, 0.3) is 5.91 Å². The third-order valence-electron chi connectivity index (χ3n) is 6.39. The lowest BCUT2D eigenvalue weighted by Crippen LogP contribution is -2.36. The Bertz CT molecular complexity index is 807. The van der Waals surface area contributed by atoms with Gasteiger partial charge >= 0.3 is 0 Å². The van der Waals surface area contributed by atoms with Gasteiger partial charge in [-0.15, -0.1) is 0 Å². The lowest BCUT2D eigenvalue weighted by molar-refractivity contribution is 0.0938. The van der Waals surface area contributed by atoms with Crippen molar-refractivity contribution < 1.29 is 9.53 Å². The fourth-order valence-electron chi connectivity index (χ4n) is 4.60. The van der Waals surface area contributed by atoms with Gasteiger partial charge in [-0.1, -0.05) is 12.1 Å². The molecule has 4 rings (SSSR count). The fourth-order valence-corrected chi connectivity index (χ4v) is 4.60. The number of likely N-dealkylation sites (tertiary alicyclic amines) is 1. The van der Waals surface area contributed by atoms with E-state index in [4.69, 9.17) is 4.74 Å². The predicted molar refractivity (Wildman–Crippen MR) is 121 cm³/mol. The van der Waals surface area contributed by atoms with E-state index in [2.05, 4.69) is 39.4 Å². The number of carbonyl (C=O) groups is 1. The molecular weight excluding hydrogens is 374 g/mol. The van der Waals surface area contributed by atoms with Crippen LogP contribution in [0.4, 0.5) is 5.69 Å². The SMILES string of the molecule is COc1ccc(C(CNC(=O)c2ccc(N3CCCCC3)cc2)N2CCCC2)cc1. The van der Waals surface area contributed by atoms with Gasteiger partial charge in [-0.05, 0) is 87.2 Å². The Balaban J connectivity index is 1.40. The first-order valence-electron chi connectivity index (χ1n) is 11.3. The molecule has 2 saturated heterocycles. The second-order valence-corrected chi connectivity index (χ2v) is 8.34. The summed E-state index contributed by atoms with van der Waals surface area (Å²) in [6, 6.07) is 16.5. The second kappa shape index (κ2) is 9.98. The largest absolute Gasteiger partial charge is 0.497 e. The van der Waals surface area contributed by atoms with Crippen LogP contribution in [0.2, 0.25) is 0 Å². The topological polar surface area (TPSA) is 44.8 Å². The van der Waals surface area contributed by atoms with Crippen molar-refractivity contribution in [3.05, 3.63) is 59.7 Å². The van der Waals surface area contributed by atoms with E-state index in [1.54, 1.807) is 7.11 Å². The van der Waals surface area contributed by atoms with Crippen LogP contribution in [0.3, 0.4) is 0 Å². The molecule has 0 saturated carbocycles. The Morgan fingerprint density at radius 3 is 2.17 bits per heavy atom. The van der Waals surface area contributed by atoms with Crippen molar-refractivity contribution in [2.24, 2.45) is 0 Å². The molecule has 2 heterocycles. The Morgan fingerprint density at radius 2 is 1.53 bits per heavy atom. The number of carbonyl (C=O) groups excluding carboxylic acids is 1. The standard InChI is InChI=1S/C25H33N3O2/c1-30-23-13-9-20(10-14-23)24(28-17-5-6-18-28)19-26-25(29)21-7-11-22(12-8-21)27-15-3-2-4-16-27/h7-14,24H,2-6,15-19H2,1H3,(H,26,29). The summed E-state index contributed by atoms with van der Waals surface area (Å²) >= 11 is 0. The second-order valence-electron chi connectivity index (χ2n) is 8.34. The van der Waals surface area contributed by atoms with E-state index in [0.717, 1.165) is 37.5 Å². The number of hydrogen-bond acceptors (Lipinski definition) is 4. The van der Waals surface area contributed by atoms with Crippen LogP contribution in [0.25, 0.3) is 0 Å². The van der Waals surface area contributed by atoms with Crippen molar-refractivity contribution in [1.82, 2.24) is 10.2 Å². The Labute approximate surface area is 180 Å². The summed E-state index contributed by atoms with van der Waals surface area (Å²) in [4.78, 5) is 17.7. The number of ether oxygens (including phenoxy) is 1. The molecule has 160 valence electrons. The van der Waals surface area contributed by atoms with Gasteiger partial charge in [-0.2, -0.15) is 0 Å². The molecule has 0 spiro atoms. The van der Waals surface area contributed by atoms with Crippen molar-refractivity contribution in [3.8, 4) is 5.75 Å². The molecule has 1 amide bonds. The van der Waals surface area contributed by atoms with E-state index in [1.807, 2.05) is 24.3 Å². The van der Waals surface area contributed by atoms with Gasteiger partial charge in [-0.3, -0.25) is 9.69 Å². The average molecular weight is 408 g/mol. The summed E-state index contributed by atoms with van der Waals surface area (Å²) in [7, 11) is 1.68. The van der Waals surface area contributed by atoms with Crippen molar-refractivity contribution in [3.63, 3.8) is 0 Å². The summed E-state index contributed by atoms with van der Waals surface area (Å²) in [6.45, 7) is 5.00. The number of amides is 1. The minimum Gasteiger partial charge on any atom is -0.497 e. The van der Waals surface area contributed by atoms with Crippen molar-refractivity contribution in [2.75, 3.05) is 44.7 Å². The maximum atomic E-state index is 12.8. The quantitative estimate of drug-likeness (QED) is 0.745. The molecule has 2 fully saturated rings. The van der Waals surface area contributed by atoms with Crippen LogP contribution in [-0.2, 0) is 0 Å². The number of nitrogens with zero attached hydrogens (tertiary/aromatic N) is 2. The van der Waals surface area contributed by atoms with Crippen LogP contribution in [0.1, 0.15) is 54.1 Å². The number of piperidine rings is 1. The average Bonchev–Trinajstić information content (AvgIpc) is 3.35. The van der Waals surface area contributed by atoms with E-state index in [9.17, 15) is 4.79 Å². The van der Waals surface area contributed by atoms with E-state index < -0.39 is 0 Å². The molecule has 2 aromatic rings. The number of rotatable bonds is 7. The monoisotopic (exact) mass is 407 g/mol. The summed E-state index contributed by atoms with van der Waals surface area (Å²) in [6.07, 6.45) is 6.28. The summed E-state index contributed by atoms with van der Waals surface area (Å²) in [5.41, 5.74) is 3.17. The minimum absolute atomic E-state index is 0.00194. The molecule has 0 aliphatic carbocycles. The lowest BCUT2D eigenvalue weighted by atomic mass is 10.0. The molecule has 2 aromatic carbocycles.